The number of carbonyl (C=O) groups is 2. The Labute approximate surface area is 134 Å². The molecule has 5 heteroatoms. The molecular weight excluding hydrogens is 280 g/mol. The summed E-state index contributed by atoms with van der Waals surface area (Å²) < 4.78 is 5.21. The summed E-state index contributed by atoms with van der Waals surface area (Å²) in [5.74, 6) is 1.13. The lowest BCUT2D eigenvalue weighted by Gasteiger charge is -2.36. The molecule has 2 fully saturated rings. The van der Waals surface area contributed by atoms with Gasteiger partial charge in [-0.05, 0) is 31.6 Å². The van der Waals surface area contributed by atoms with Gasteiger partial charge in [0.2, 0.25) is 11.8 Å². The Hall–Kier alpha value is -1.10. The minimum Gasteiger partial charge on any atom is -0.384 e. The summed E-state index contributed by atoms with van der Waals surface area (Å²) in [6.45, 7) is 7.24. The molecule has 2 heterocycles. The maximum atomic E-state index is 13.0. The highest BCUT2D eigenvalue weighted by Gasteiger charge is 2.36. The van der Waals surface area contributed by atoms with Crippen molar-refractivity contribution in [3.8, 4) is 0 Å². The second kappa shape index (κ2) is 7.95. The molecule has 0 bridgehead atoms. The Kier molecular flexibility index (Phi) is 6.24. The molecule has 0 radical (unpaired) electrons. The molecule has 0 spiro atoms. The Morgan fingerprint density at radius 3 is 2.73 bits per heavy atom. The van der Waals surface area contributed by atoms with Gasteiger partial charge in [0.1, 0.15) is 6.04 Å². The molecule has 22 heavy (non-hydrogen) atoms. The summed E-state index contributed by atoms with van der Waals surface area (Å²) in [5.41, 5.74) is 0. The number of methoxy groups -OCH3 is 1. The van der Waals surface area contributed by atoms with Gasteiger partial charge < -0.3 is 14.5 Å². The van der Waals surface area contributed by atoms with Crippen LogP contribution in [0.4, 0.5) is 0 Å². The molecule has 2 saturated heterocycles. The van der Waals surface area contributed by atoms with E-state index in [0.29, 0.717) is 24.9 Å². The second-order valence-electron chi connectivity index (χ2n) is 7.08. The summed E-state index contributed by atoms with van der Waals surface area (Å²) in [7, 11) is 1.71. The molecule has 126 valence electrons. The molecule has 2 atom stereocenters. The number of hydrogen-bond acceptors (Lipinski definition) is 3. The first-order valence-corrected chi connectivity index (χ1v) is 8.60. The van der Waals surface area contributed by atoms with E-state index >= 15 is 0 Å². The van der Waals surface area contributed by atoms with Crippen molar-refractivity contribution >= 4 is 11.8 Å². The molecule has 0 aromatic carbocycles. The van der Waals surface area contributed by atoms with Crippen LogP contribution in [0.15, 0.2) is 0 Å². The summed E-state index contributed by atoms with van der Waals surface area (Å²) in [5, 5.41) is 0. The Morgan fingerprint density at radius 2 is 2.09 bits per heavy atom. The predicted molar refractivity (Wildman–Crippen MR) is 85.4 cm³/mol. The summed E-state index contributed by atoms with van der Waals surface area (Å²) in [6.07, 6.45) is 4.32. The maximum absolute atomic E-state index is 13.0. The Balaban J connectivity index is 2.04. The smallest absolute Gasteiger partial charge is 0.245 e. The second-order valence-corrected chi connectivity index (χ2v) is 7.08. The monoisotopic (exact) mass is 310 g/mol. The summed E-state index contributed by atoms with van der Waals surface area (Å²) >= 11 is 0. The molecule has 0 aliphatic carbocycles. The van der Waals surface area contributed by atoms with Crippen LogP contribution < -0.4 is 0 Å². The average Bonchev–Trinajstić information content (AvgIpc) is 2.94. The first-order valence-electron chi connectivity index (χ1n) is 8.60. The van der Waals surface area contributed by atoms with E-state index in [-0.39, 0.29) is 17.9 Å². The van der Waals surface area contributed by atoms with E-state index in [1.807, 2.05) is 9.80 Å². The number of hydrogen-bond donors (Lipinski definition) is 0. The zero-order valence-electron chi connectivity index (χ0n) is 14.2. The van der Waals surface area contributed by atoms with Crippen molar-refractivity contribution in [2.45, 2.75) is 52.0 Å². The van der Waals surface area contributed by atoms with E-state index in [0.717, 1.165) is 45.3 Å². The molecule has 2 rings (SSSR count). The highest BCUT2D eigenvalue weighted by atomic mass is 16.5. The molecule has 2 amide bonds. The van der Waals surface area contributed by atoms with Crippen LogP contribution in [0.2, 0.25) is 0 Å². The highest BCUT2D eigenvalue weighted by Crippen LogP contribution is 2.24. The van der Waals surface area contributed by atoms with Crippen LogP contribution in [0.5, 0.6) is 0 Å². The van der Waals surface area contributed by atoms with Crippen LogP contribution in [0, 0.1) is 11.8 Å². The SMILES string of the molecule is COC[C@H]1CCN(C(=O)[C@@H](CC(C)C)N2CCCCC2=O)C1. The maximum Gasteiger partial charge on any atom is 0.245 e. The van der Waals surface area contributed by atoms with Gasteiger partial charge >= 0.3 is 0 Å². The van der Waals surface area contributed by atoms with Gasteiger partial charge in [0.15, 0.2) is 0 Å². The Bertz CT molecular complexity index is 397. The number of piperidine rings is 1. The zero-order valence-corrected chi connectivity index (χ0v) is 14.2. The number of amides is 2. The van der Waals surface area contributed by atoms with Crippen molar-refractivity contribution in [1.82, 2.24) is 9.80 Å². The van der Waals surface area contributed by atoms with E-state index in [1.165, 1.54) is 0 Å². The molecule has 0 saturated carbocycles. The predicted octanol–water partition coefficient (Wildman–Crippen LogP) is 1.91. The van der Waals surface area contributed by atoms with E-state index in [4.69, 9.17) is 4.74 Å². The lowest BCUT2D eigenvalue weighted by molar-refractivity contribution is -0.147. The molecule has 2 aliphatic heterocycles. The zero-order chi connectivity index (χ0) is 16.1. The molecule has 0 aromatic rings. The first kappa shape index (κ1) is 17.3. The van der Waals surface area contributed by atoms with Crippen LogP contribution in [-0.4, -0.2) is 61.0 Å². The van der Waals surface area contributed by atoms with Gasteiger partial charge in [0.05, 0.1) is 6.61 Å². The third-order valence-corrected chi connectivity index (χ3v) is 4.72. The van der Waals surface area contributed by atoms with E-state index in [9.17, 15) is 9.59 Å². The quantitative estimate of drug-likeness (QED) is 0.753. The molecule has 5 nitrogen and oxygen atoms in total. The van der Waals surface area contributed by atoms with E-state index < -0.39 is 0 Å². The number of nitrogens with zero attached hydrogens (tertiary/aromatic N) is 2. The number of carbonyl (C=O) groups excluding carboxylic acids is 2. The fourth-order valence-corrected chi connectivity index (χ4v) is 3.58. The lowest BCUT2D eigenvalue weighted by Crippen LogP contribution is -2.52. The van der Waals surface area contributed by atoms with E-state index in [1.54, 1.807) is 7.11 Å². The third-order valence-electron chi connectivity index (χ3n) is 4.72. The molecule has 0 N–H and O–H groups in total. The lowest BCUT2D eigenvalue weighted by atomic mass is 9.98. The minimum absolute atomic E-state index is 0.141. The standard InChI is InChI=1S/C17H30N2O3/c1-13(2)10-15(19-8-5-4-6-16(19)20)17(21)18-9-7-14(11-18)12-22-3/h13-15H,4-12H2,1-3H3/t14-,15+/m0/s1. The van der Waals surface area contributed by atoms with Crippen LogP contribution in [0.25, 0.3) is 0 Å². The van der Waals surface area contributed by atoms with Gasteiger partial charge in [0, 0.05) is 39.1 Å². The van der Waals surface area contributed by atoms with Gasteiger partial charge in [-0.3, -0.25) is 9.59 Å². The topological polar surface area (TPSA) is 49.9 Å². The van der Waals surface area contributed by atoms with Crippen molar-refractivity contribution in [1.29, 1.82) is 0 Å². The summed E-state index contributed by atoms with van der Waals surface area (Å²) in [4.78, 5) is 29.0. The van der Waals surface area contributed by atoms with Crippen LogP contribution in [-0.2, 0) is 14.3 Å². The van der Waals surface area contributed by atoms with Crippen molar-refractivity contribution < 1.29 is 14.3 Å². The van der Waals surface area contributed by atoms with Gasteiger partial charge in [-0.2, -0.15) is 0 Å². The van der Waals surface area contributed by atoms with Crippen molar-refractivity contribution in [3.63, 3.8) is 0 Å². The largest absolute Gasteiger partial charge is 0.384 e. The van der Waals surface area contributed by atoms with Crippen LogP contribution in [0.3, 0.4) is 0 Å². The molecule has 2 aliphatic rings. The number of rotatable bonds is 6. The van der Waals surface area contributed by atoms with Crippen molar-refractivity contribution in [3.05, 3.63) is 0 Å². The first-order chi connectivity index (χ1) is 10.5. The van der Waals surface area contributed by atoms with E-state index in [2.05, 4.69) is 13.8 Å². The van der Waals surface area contributed by atoms with Gasteiger partial charge in [-0.15, -0.1) is 0 Å². The fraction of sp³-hybridized carbons (Fsp3) is 0.882. The summed E-state index contributed by atoms with van der Waals surface area (Å²) in [6, 6.07) is -0.269. The van der Waals surface area contributed by atoms with Gasteiger partial charge in [-0.25, -0.2) is 0 Å². The molecule has 0 unspecified atom stereocenters. The van der Waals surface area contributed by atoms with Gasteiger partial charge in [0.25, 0.3) is 0 Å². The molecular formula is C17H30N2O3. The van der Waals surface area contributed by atoms with Crippen LogP contribution >= 0.6 is 0 Å². The third kappa shape index (κ3) is 4.22. The molecule has 0 aromatic heterocycles. The fourth-order valence-electron chi connectivity index (χ4n) is 3.58. The minimum atomic E-state index is -0.269. The highest BCUT2D eigenvalue weighted by molar-refractivity contribution is 5.88. The number of likely N-dealkylation sites (tertiary alicyclic amines) is 2. The normalized spacial score (nSPS) is 24.2. The average molecular weight is 310 g/mol. The Morgan fingerprint density at radius 1 is 1.32 bits per heavy atom. The van der Waals surface area contributed by atoms with Crippen molar-refractivity contribution in [2.24, 2.45) is 11.8 Å². The van der Waals surface area contributed by atoms with Gasteiger partial charge in [-0.1, -0.05) is 13.8 Å². The van der Waals surface area contributed by atoms with Crippen molar-refractivity contribution in [2.75, 3.05) is 33.4 Å². The number of ether oxygens (including phenoxy) is 1. The van der Waals surface area contributed by atoms with Crippen LogP contribution in [0.1, 0.15) is 46.0 Å².